The first-order chi connectivity index (χ1) is 5.91. The van der Waals surface area contributed by atoms with Crippen molar-refractivity contribution in [2.24, 2.45) is 0 Å². The summed E-state index contributed by atoms with van der Waals surface area (Å²) < 4.78 is 21.6. The predicted molar refractivity (Wildman–Crippen MR) is 49.3 cm³/mol. The summed E-state index contributed by atoms with van der Waals surface area (Å²) in [6, 6.07) is 5.14. The molecule has 0 spiro atoms. The zero-order valence-corrected chi connectivity index (χ0v) is 7.96. The first kappa shape index (κ1) is 10.5. The van der Waals surface area contributed by atoms with Gasteiger partial charge in [-0.05, 0) is 17.6 Å². The Balaban J connectivity index is 3.21. The topological polar surface area (TPSA) is 74.6 Å². The van der Waals surface area contributed by atoms with Crippen LogP contribution in [0.1, 0.15) is 0 Å². The summed E-state index contributed by atoms with van der Waals surface area (Å²) in [5, 5.41) is 17.5. The highest BCUT2D eigenvalue weighted by Crippen LogP contribution is 2.12. The average molecular weight is 220 g/mol. The van der Waals surface area contributed by atoms with E-state index in [-0.39, 0.29) is 10.4 Å². The first-order valence-corrected chi connectivity index (χ1v) is 5.63. The zero-order valence-electron chi connectivity index (χ0n) is 6.38. The third kappa shape index (κ3) is 2.70. The standard InChI is InChI=1S/C6H6BClO4S/c8-13(11,12)6-3-1-2-5(4-6)7(9)10/h1-4,9-10H. The molecule has 1 aromatic carbocycles. The molecule has 13 heavy (non-hydrogen) atoms. The molecular weight excluding hydrogens is 214 g/mol. The van der Waals surface area contributed by atoms with E-state index in [0.717, 1.165) is 6.07 Å². The third-order valence-electron chi connectivity index (χ3n) is 1.44. The SMILES string of the molecule is O=S(=O)(Cl)c1cccc(B(O)O)c1. The van der Waals surface area contributed by atoms with Crippen molar-refractivity contribution in [3.63, 3.8) is 0 Å². The summed E-state index contributed by atoms with van der Waals surface area (Å²) in [7, 11) is -0.461. The molecule has 0 atom stereocenters. The second-order valence-corrected chi connectivity index (χ2v) is 4.95. The molecule has 2 N–H and O–H groups in total. The van der Waals surface area contributed by atoms with Gasteiger partial charge in [0, 0.05) is 10.7 Å². The Morgan fingerprint density at radius 3 is 2.38 bits per heavy atom. The fourth-order valence-electron chi connectivity index (χ4n) is 0.827. The van der Waals surface area contributed by atoms with Crippen molar-refractivity contribution in [3.05, 3.63) is 24.3 Å². The molecule has 70 valence electrons. The van der Waals surface area contributed by atoms with Gasteiger partial charge in [0.15, 0.2) is 0 Å². The number of halogens is 1. The summed E-state index contributed by atoms with van der Waals surface area (Å²) in [6.07, 6.45) is 0. The number of hydrogen-bond donors (Lipinski definition) is 2. The van der Waals surface area contributed by atoms with Crippen LogP contribution in [0, 0.1) is 0 Å². The second-order valence-electron chi connectivity index (χ2n) is 2.38. The minimum absolute atomic E-state index is 0.0849. The highest BCUT2D eigenvalue weighted by Gasteiger charge is 2.15. The van der Waals surface area contributed by atoms with Gasteiger partial charge in [-0.2, -0.15) is 0 Å². The maximum atomic E-state index is 10.8. The molecule has 0 aliphatic carbocycles. The van der Waals surface area contributed by atoms with Crippen molar-refractivity contribution < 1.29 is 18.5 Å². The molecule has 1 aromatic rings. The highest BCUT2D eigenvalue weighted by molar-refractivity contribution is 8.13. The highest BCUT2D eigenvalue weighted by atomic mass is 35.7. The van der Waals surface area contributed by atoms with Crippen LogP contribution in [0.3, 0.4) is 0 Å². The average Bonchev–Trinajstić information content (AvgIpc) is 2.03. The van der Waals surface area contributed by atoms with Crippen LogP contribution in [-0.4, -0.2) is 25.6 Å². The van der Waals surface area contributed by atoms with E-state index in [4.69, 9.17) is 20.7 Å². The van der Waals surface area contributed by atoms with Crippen LogP contribution in [0.25, 0.3) is 0 Å². The fourth-order valence-corrected chi connectivity index (χ4v) is 1.63. The first-order valence-electron chi connectivity index (χ1n) is 3.32. The molecule has 0 saturated carbocycles. The van der Waals surface area contributed by atoms with E-state index in [9.17, 15) is 8.42 Å². The molecule has 0 saturated heterocycles. The van der Waals surface area contributed by atoms with Gasteiger partial charge in [-0.3, -0.25) is 0 Å². The molecular formula is C6H6BClO4S. The molecule has 4 nitrogen and oxygen atoms in total. The monoisotopic (exact) mass is 220 g/mol. The van der Waals surface area contributed by atoms with Gasteiger partial charge in [0.2, 0.25) is 0 Å². The number of benzene rings is 1. The molecule has 0 aliphatic heterocycles. The summed E-state index contributed by atoms with van der Waals surface area (Å²) in [5.41, 5.74) is 0.0849. The van der Waals surface area contributed by atoms with E-state index >= 15 is 0 Å². The lowest BCUT2D eigenvalue weighted by Crippen LogP contribution is -2.29. The minimum atomic E-state index is -3.81. The van der Waals surface area contributed by atoms with Crippen molar-refractivity contribution >= 4 is 32.3 Å². The summed E-state index contributed by atoms with van der Waals surface area (Å²) >= 11 is 0. The van der Waals surface area contributed by atoms with Crippen molar-refractivity contribution in [1.29, 1.82) is 0 Å². The summed E-state index contributed by atoms with van der Waals surface area (Å²) in [6.45, 7) is 0. The van der Waals surface area contributed by atoms with Crippen LogP contribution in [0.15, 0.2) is 29.2 Å². The molecule has 1 rings (SSSR count). The van der Waals surface area contributed by atoms with Gasteiger partial charge in [0.1, 0.15) is 0 Å². The molecule has 7 heteroatoms. The van der Waals surface area contributed by atoms with Gasteiger partial charge in [-0.1, -0.05) is 12.1 Å². The van der Waals surface area contributed by atoms with Crippen LogP contribution in [0.5, 0.6) is 0 Å². The molecule has 0 aromatic heterocycles. The van der Waals surface area contributed by atoms with Crippen LogP contribution in [0.2, 0.25) is 0 Å². The van der Waals surface area contributed by atoms with Crippen LogP contribution in [0.4, 0.5) is 0 Å². The Labute approximate surface area is 80.3 Å². The van der Waals surface area contributed by atoms with Crippen LogP contribution < -0.4 is 5.46 Å². The van der Waals surface area contributed by atoms with Crippen molar-refractivity contribution in [3.8, 4) is 0 Å². The molecule has 0 fully saturated rings. The predicted octanol–water partition coefficient (Wildman–Crippen LogP) is -0.706. The maximum absolute atomic E-state index is 10.8. The zero-order chi connectivity index (χ0) is 10.1. The molecule has 0 heterocycles. The quantitative estimate of drug-likeness (QED) is 0.510. The maximum Gasteiger partial charge on any atom is 0.488 e. The lowest BCUT2D eigenvalue weighted by atomic mass is 9.81. The van der Waals surface area contributed by atoms with Gasteiger partial charge in [-0.25, -0.2) is 8.42 Å². The van der Waals surface area contributed by atoms with E-state index in [2.05, 4.69) is 0 Å². The minimum Gasteiger partial charge on any atom is -0.423 e. The van der Waals surface area contributed by atoms with E-state index in [0.29, 0.717) is 0 Å². The Bertz CT molecular complexity index is 403. The van der Waals surface area contributed by atoms with E-state index in [1.165, 1.54) is 18.2 Å². The second kappa shape index (κ2) is 3.67. The van der Waals surface area contributed by atoms with Crippen LogP contribution >= 0.6 is 10.7 Å². The Kier molecular flexibility index (Phi) is 2.97. The van der Waals surface area contributed by atoms with Gasteiger partial charge in [0.25, 0.3) is 9.05 Å². The van der Waals surface area contributed by atoms with Gasteiger partial charge >= 0.3 is 7.12 Å². The molecule has 0 radical (unpaired) electrons. The molecule has 0 aliphatic rings. The Hall–Kier alpha value is -0.555. The fraction of sp³-hybridized carbons (Fsp3) is 0. The van der Waals surface area contributed by atoms with E-state index in [1.54, 1.807) is 0 Å². The lowest BCUT2D eigenvalue weighted by molar-refractivity contribution is 0.425. The third-order valence-corrected chi connectivity index (χ3v) is 2.79. The van der Waals surface area contributed by atoms with E-state index < -0.39 is 16.2 Å². The smallest absolute Gasteiger partial charge is 0.423 e. The van der Waals surface area contributed by atoms with Gasteiger partial charge in [0.05, 0.1) is 4.90 Å². The van der Waals surface area contributed by atoms with Crippen molar-refractivity contribution in [2.45, 2.75) is 4.90 Å². The Morgan fingerprint density at radius 2 is 1.92 bits per heavy atom. The number of hydrogen-bond acceptors (Lipinski definition) is 4. The summed E-state index contributed by atoms with van der Waals surface area (Å²) in [5.74, 6) is 0. The van der Waals surface area contributed by atoms with Crippen LogP contribution in [-0.2, 0) is 9.05 Å². The van der Waals surface area contributed by atoms with Crippen molar-refractivity contribution in [1.82, 2.24) is 0 Å². The van der Waals surface area contributed by atoms with E-state index in [1.807, 2.05) is 0 Å². The molecule has 0 amide bonds. The molecule has 0 unspecified atom stereocenters. The van der Waals surface area contributed by atoms with Gasteiger partial charge < -0.3 is 10.0 Å². The van der Waals surface area contributed by atoms with Gasteiger partial charge in [-0.15, -0.1) is 0 Å². The normalized spacial score (nSPS) is 11.3. The summed E-state index contributed by atoms with van der Waals surface area (Å²) in [4.78, 5) is -0.153. The lowest BCUT2D eigenvalue weighted by Gasteiger charge is -2.00. The Morgan fingerprint density at radius 1 is 1.31 bits per heavy atom. The largest absolute Gasteiger partial charge is 0.488 e. The van der Waals surface area contributed by atoms with Crippen molar-refractivity contribution in [2.75, 3.05) is 0 Å². The molecule has 0 bridgehead atoms. The number of rotatable bonds is 2.